The first-order chi connectivity index (χ1) is 13.1. The van der Waals surface area contributed by atoms with Gasteiger partial charge in [-0.15, -0.1) is 0 Å². The van der Waals surface area contributed by atoms with Crippen LogP contribution in [0.5, 0.6) is 0 Å². The minimum absolute atomic E-state index is 0.224. The molecule has 27 heavy (non-hydrogen) atoms. The quantitative estimate of drug-likeness (QED) is 0.652. The van der Waals surface area contributed by atoms with Crippen LogP contribution < -0.4 is 14.9 Å². The molecule has 1 aliphatic rings. The van der Waals surface area contributed by atoms with Crippen LogP contribution in [0.3, 0.4) is 0 Å². The number of nitrogens with zero attached hydrogens (tertiary/aromatic N) is 2. The summed E-state index contributed by atoms with van der Waals surface area (Å²) in [5.41, 5.74) is 1.50. The number of ether oxygens (including phenoxy) is 1. The van der Waals surface area contributed by atoms with Crippen LogP contribution in [-0.4, -0.2) is 17.6 Å². The third-order valence-electron chi connectivity index (χ3n) is 4.36. The van der Waals surface area contributed by atoms with Gasteiger partial charge in [-0.3, -0.25) is 9.36 Å². The number of allylic oxidation sites excluding steroid dienone is 1. The summed E-state index contributed by atoms with van der Waals surface area (Å²) in [5.74, 6) is 0.0887. The monoisotopic (exact) mass is 380 g/mol. The second-order valence-electron chi connectivity index (χ2n) is 6.00. The molecule has 0 N–H and O–H groups in total. The highest BCUT2D eigenvalue weighted by Crippen LogP contribution is 2.30. The summed E-state index contributed by atoms with van der Waals surface area (Å²) in [6, 6.07) is 12.3. The molecule has 0 radical (unpaired) electrons. The SMILES string of the molecule is COC(=O)C1=C(C)N=c2s/c(=C\c3ccco3)c(=O)n2[C@H]1c1ccccc1. The predicted molar refractivity (Wildman–Crippen MR) is 101 cm³/mol. The molecule has 3 aromatic rings. The maximum absolute atomic E-state index is 13.2. The Labute approximate surface area is 158 Å². The van der Waals surface area contributed by atoms with Crippen LogP contribution in [0.1, 0.15) is 24.3 Å². The molecule has 1 aliphatic heterocycles. The Hall–Kier alpha value is -3.19. The summed E-state index contributed by atoms with van der Waals surface area (Å²) < 4.78 is 12.3. The van der Waals surface area contributed by atoms with Crippen molar-refractivity contribution in [3.05, 3.63) is 91.0 Å². The number of hydrogen-bond acceptors (Lipinski definition) is 6. The summed E-state index contributed by atoms with van der Waals surface area (Å²) >= 11 is 1.27. The molecule has 1 aromatic carbocycles. The Kier molecular flexibility index (Phi) is 4.37. The Balaban J connectivity index is 2.00. The van der Waals surface area contributed by atoms with Gasteiger partial charge in [-0.05, 0) is 24.6 Å². The molecule has 0 amide bonds. The molecule has 3 heterocycles. The molecular formula is C20H16N2O4S. The van der Waals surface area contributed by atoms with E-state index in [4.69, 9.17) is 9.15 Å². The smallest absolute Gasteiger partial charge is 0.338 e. The first-order valence-electron chi connectivity index (χ1n) is 8.29. The summed E-state index contributed by atoms with van der Waals surface area (Å²) in [7, 11) is 1.33. The fraction of sp³-hybridized carbons (Fsp3) is 0.150. The minimum Gasteiger partial charge on any atom is -0.466 e. The second kappa shape index (κ2) is 6.85. The van der Waals surface area contributed by atoms with Gasteiger partial charge in [0.25, 0.3) is 5.56 Å². The van der Waals surface area contributed by atoms with Gasteiger partial charge in [0.15, 0.2) is 4.80 Å². The van der Waals surface area contributed by atoms with Crippen molar-refractivity contribution in [2.75, 3.05) is 7.11 Å². The fourth-order valence-corrected chi connectivity index (χ4v) is 4.17. The van der Waals surface area contributed by atoms with Gasteiger partial charge in [0, 0.05) is 6.08 Å². The molecule has 1 atom stereocenters. The summed E-state index contributed by atoms with van der Waals surface area (Å²) in [4.78, 5) is 30.7. The Bertz CT molecular complexity index is 1200. The van der Waals surface area contributed by atoms with E-state index in [0.29, 0.717) is 26.4 Å². The standard InChI is InChI=1S/C20H16N2O4S/c1-12-16(19(24)25-2)17(13-7-4-3-5-8-13)22-18(23)15(27-20(22)21-12)11-14-9-6-10-26-14/h3-11,17H,1-2H3/b15-11-/t17-/m0/s1. The van der Waals surface area contributed by atoms with Gasteiger partial charge in [-0.1, -0.05) is 41.7 Å². The van der Waals surface area contributed by atoms with Gasteiger partial charge >= 0.3 is 5.97 Å². The lowest BCUT2D eigenvalue weighted by atomic mass is 9.96. The lowest BCUT2D eigenvalue weighted by Gasteiger charge is -2.24. The topological polar surface area (TPSA) is 73.8 Å². The van der Waals surface area contributed by atoms with Crippen LogP contribution in [0.4, 0.5) is 0 Å². The zero-order chi connectivity index (χ0) is 19.0. The molecular weight excluding hydrogens is 364 g/mol. The number of methoxy groups -OCH3 is 1. The number of rotatable bonds is 3. The van der Waals surface area contributed by atoms with E-state index in [2.05, 4.69) is 4.99 Å². The highest BCUT2D eigenvalue weighted by Gasteiger charge is 2.32. The Morgan fingerprint density at radius 2 is 2.04 bits per heavy atom. The number of carbonyl (C=O) groups is 1. The van der Waals surface area contributed by atoms with Crippen molar-refractivity contribution < 1.29 is 13.9 Å². The van der Waals surface area contributed by atoms with Crippen molar-refractivity contribution in [3.8, 4) is 0 Å². The molecule has 0 unspecified atom stereocenters. The van der Waals surface area contributed by atoms with Crippen molar-refractivity contribution in [1.29, 1.82) is 0 Å². The average molecular weight is 380 g/mol. The molecule has 0 fully saturated rings. The lowest BCUT2D eigenvalue weighted by Crippen LogP contribution is -2.39. The highest BCUT2D eigenvalue weighted by atomic mass is 32.1. The first-order valence-corrected chi connectivity index (χ1v) is 9.11. The van der Waals surface area contributed by atoms with Crippen LogP contribution in [0.2, 0.25) is 0 Å². The fourth-order valence-electron chi connectivity index (χ4n) is 3.15. The largest absolute Gasteiger partial charge is 0.466 e. The number of thiazole rings is 1. The first kappa shape index (κ1) is 17.2. The van der Waals surface area contributed by atoms with Gasteiger partial charge in [-0.25, -0.2) is 9.79 Å². The summed E-state index contributed by atoms with van der Waals surface area (Å²) in [6.07, 6.45) is 3.23. The van der Waals surface area contributed by atoms with E-state index < -0.39 is 12.0 Å². The third kappa shape index (κ3) is 2.96. The molecule has 0 saturated heterocycles. The van der Waals surface area contributed by atoms with Crippen molar-refractivity contribution in [3.63, 3.8) is 0 Å². The zero-order valence-corrected chi connectivity index (χ0v) is 15.5. The predicted octanol–water partition coefficient (Wildman–Crippen LogP) is 2.00. The van der Waals surface area contributed by atoms with Crippen molar-refractivity contribution in [2.24, 2.45) is 4.99 Å². The molecule has 4 rings (SSSR count). The maximum atomic E-state index is 13.2. The van der Waals surface area contributed by atoms with E-state index in [1.165, 1.54) is 18.4 Å². The van der Waals surface area contributed by atoms with Crippen LogP contribution in [0.15, 0.2) is 74.2 Å². The second-order valence-corrected chi connectivity index (χ2v) is 7.01. The lowest BCUT2D eigenvalue weighted by molar-refractivity contribution is -0.136. The van der Waals surface area contributed by atoms with Crippen molar-refractivity contribution in [2.45, 2.75) is 13.0 Å². The summed E-state index contributed by atoms with van der Waals surface area (Å²) in [6.45, 7) is 1.76. The van der Waals surface area contributed by atoms with E-state index >= 15 is 0 Å². The van der Waals surface area contributed by atoms with E-state index in [-0.39, 0.29) is 5.56 Å². The number of fused-ring (bicyclic) bond motifs is 1. The van der Waals surface area contributed by atoms with Crippen molar-refractivity contribution >= 4 is 23.4 Å². The molecule has 6 nitrogen and oxygen atoms in total. The zero-order valence-electron chi connectivity index (χ0n) is 14.7. The molecule has 136 valence electrons. The van der Waals surface area contributed by atoms with Crippen molar-refractivity contribution in [1.82, 2.24) is 4.57 Å². The number of hydrogen-bond donors (Lipinski definition) is 0. The van der Waals surface area contributed by atoms with Crippen LogP contribution in [0.25, 0.3) is 6.08 Å². The van der Waals surface area contributed by atoms with Gasteiger partial charge in [-0.2, -0.15) is 0 Å². The van der Waals surface area contributed by atoms with E-state index in [0.717, 1.165) is 5.56 Å². The van der Waals surface area contributed by atoms with E-state index in [9.17, 15) is 9.59 Å². The van der Waals surface area contributed by atoms with Gasteiger partial charge in [0.2, 0.25) is 0 Å². The Morgan fingerprint density at radius 3 is 2.70 bits per heavy atom. The minimum atomic E-state index is -0.589. The highest BCUT2D eigenvalue weighted by molar-refractivity contribution is 7.07. The number of furan rings is 1. The van der Waals surface area contributed by atoms with Gasteiger partial charge in [0.1, 0.15) is 5.76 Å². The number of carbonyl (C=O) groups excluding carboxylic acids is 1. The Morgan fingerprint density at radius 1 is 1.26 bits per heavy atom. The third-order valence-corrected chi connectivity index (χ3v) is 5.34. The van der Waals surface area contributed by atoms with Crippen LogP contribution in [-0.2, 0) is 9.53 Å². The molecule has 0 bridgehead atoms. The average Bonchev–Trinajstić information content (AvgIpc) is 3.29. The number of benzene rings is 1. The number of aromatic nitrogens is 1. The van der Waals surface area contributed by atoms with E-state index in [1.54, 1.807) is 36.0 Å². The molecule has 0 saturated carbocycles. The molecule has 0 spiro atoms. The molecule has 2 aromatic heterocycles. The van der Waals surface area contributed by atoms with Crippen LogP contribution in [0, 0.1) is 0 Å². The molecule has 0 aliphatic carbocycles. The van der Waals surface area contributed by atoms with E-state index in [1.807, 2.05) is 30.3 Å². The van der Waals surface area contributed by atoms with Gasteiger partial charge < -0.3 is 9.15 Å². The van der Waals surface area contributed by atoms with Gasteiger partial charge in [0.05, 0.1) is 35.2 Å². The number of esters is 1. The maximum Gasteiger partial charge on any atom is 0.338 e. The normalized spacial score (nSPS) is 16.8. The summed E-state index contributed by atoms with van der Waals surface area (Å²) in [5, 5.41) is 0. The van der Waals surface area contributed by atoms with Crippen LogP contribution >= 0.6 is 11.3 Å². The molecule has 7 heteroatoms.